The van der Waals surface area contributed by atoms with Crippen molar-refractivity contribution in [2.45, 2.75) is 6.92 Å². The maximum absolute atomic E-state index is 12.4. The van der Waals surface area contributed by atoms with Crippen LogP contribution in [0.25, 0.3) is 0 Å². The molecule has 0 spiro atoms. The third-order valence-electron chi connectivity index (χ3n) is 1.34. The van der Waals surface area contributed by atoms with Crippen LogP contribution >= 0.6 is 0 Å². The Labute approximate surface area is 58.1 Å². The van der Waals surface area contributed by atoms with Crippen LogP contribution in [0.5, 0.6) is 5.75 Å². The lowest BCUT2D eigenvalue weighted by molar-refractivity contribution is 0.432. The van der Waals surface area contributed by atoms with Crippen LogP contribution in [0.3, 0.4) is 0 Å². The monoisotopic (exact) mass is 141 g/mol. The van der Waals surface area contributed by atoms with Crippen molar-refractivity contribution in [2.24, 2.45) is 0 Å². The van der Waals surface area contributed by atoms with Crippen LogP contribution in [-0.4, -0.2) is 5.11 Å². The van der Waals surface area contributed by atoms with Crippen LogP contribution in [0, 0.1) is 12.7 Å². The number of rotatable bonds is 0. The number of aromatic hydroxyl groups is 1. The highest BCUT2D eigenvalue weighted by molar-refractivity contribution is 5.49. The maximum Gasteiger partial charge on any atom is 0.166 e. The molecule has 1 rings (SSSR count). The van der Waals surface area contributed by atoms with Gasteiger partial charge in [0.2, 0.25) is 0 Å². The van der Waals surface area contributed by atoms with Gasteiger partial charge in [-0.25, -0.2) is 4.39 Å². The Morgan fingerprint density at radius 2 is 2.10 bits per heavy atom. The Morgan fingerprint density at radius 3 is 2.60 bits per heavy atom. The van der Waals surface area contributed by atoms with Crippen molar-refractivity contribution in [3.63, 3.8) is 0 Å². The molecular formula is C7H8FNO. The lowest BCUT2D eigenvalue weighted by Crippen LogP contribution is -1.90. The van der Waals surface area contributed by atoms with Gasteiger partial charge in [-0.3, -0.25) is 0 Å². The second-order valence-electron chi connectivity index (χ2n) is 2.16. The highest BCUT2D eigenvalue weighted by Crippen LogP contribution is 2.21. The number of hydrogen-bond donors (Lipinski definition) is 2. The van der Waals surface area contributed by atoms with Crippen LogP contribution in [0.4, 0.5) is 10.1 Å². The van der Waals surface area contributed by atoms with E-state index in [1.807, 2.05) is 0 Å². The van der Waals surface area contributed by atoms with Gasteiger partial charge in [-0.2, -0.15) is 0 Å². The average Bonchev–Trinajstić information content (AvgIpc) is 1.84. The highest BCUT2D eigenvalue weighted by Gasteiger charge is 2.01. The smallest absolute Gasteiger partial charge is 0.166 e. The van der Waals surface area contributed by atoms with E-state index in [0.29, 0.717) is 11.3 Å². The molecule has 3 heteroatoms. The molecule has 3 N–H and O–H groups in total. The van der Waals surface area contributed by atoms with Crippen molar-refractivity contribution in [1.82, 2.24) is 0 Å². The number of nitrogen functional groups attached to an aromatic ring is 1. The molecule has 0 bridgehead atoms. The minimum absolute atomic E-state index is 0.355. The molecule has 54 valence electrons. The zero-order chi connectivity index (χ0) is 7.72. The SMILES string of the molecule is Cc1cc(O)c(F)cc1N. The van der Waals surface area contributed by atoms with Crippen molar-refractivity contribution in [2.75, 3.05) is 5.73 Å². The maximum atomic E-state index is 12.4. The minimum Gasteiger partial charge on any atom is -0.505 e. The standard InChI is InChI=1S/C7H8FNO/c1-4-2-7(10)5(8)3-6(4)9/h2-3,10H,9H2,1H3. The van der Waals surface area contributed by atoms with Crippen molar-refractivity contribution in [1.29, 1.82) is 0 Å². The summed E-state index contributed by atoms with van der Waals surface area (Å²) in [6.45, 7) is 1.70. The summed E-state index contributed by atoms with van der Waals surface area (Å²) in [5, 5.41) is 8.79. The fraction of sp³-hybridized carbons (Fsp3) is 0.143. The molecule has 0 saturated carbocycles. The van der Waals surface area contributed by atoms with Crippen molar-refractivity contribution in [3.05, 3.63) is 23.5 Å². The quantitative estimate of drug-likeness (QED) is 0.424. The molecule has 0 unspecified atom stereocenters. The lowest BCUT2D eigenvalue weighted by Gasteiger charge is -2.00. The molecule has 0 radical (unpaired) electrons. The van der Waals surface area contributed by atoms with Crippen LogP contribution in [-0.2, 0) is 0 Å². The summed E-state index contributed by atoms with van der Waals surface area (Å²) in [7, 11) is 0. The predicted octanol–water partition coefficient (Wildman–Crippen LogP) is 1.42. The van der Waals surface area contributed by atoms with Gasteiger partial charge in [0.05, 0.1) is 0 Å². The van der Waals surface area contributed by atoms with Crippen LogP contribution < -0.4 is 5.73 Å². The van der Waals surface area contributed by atoms with E-state index < -0.39 is 5.82 Å². The first-order valence-corrected chi connectivity index (χ1v) is 2.86. The van der Waals surface area contributed by atoms with Crippen molar-refractivity contribution < 1.29 is 9.50 Å². The van der Waals surface area contributed by atoms with Gasteiger partial charge >= 0.3 is 0 Å². The summed E-state index contributed by atoms with van der Waals surface area (Å²) in [5.74, 6) is -1.03. The average molecular weight is 141 g/mol. The number of phenolic OH excluding ortho intramolecular Hbond substituents is 1. The molecule has 0 fully saturated rings. The van der Waals surface area contributed by atoms with Crippen LogP contribution in [0.1, 0.15) is 5.56 Å². The third kappa shape index (κ3) is 1.03. The van der Waals surface area contributed by atoms with E-state index in [9.17, 15) is 4.39 Å². The summed E-state index contributed by atoms with van der Waals surface area (Å²) >= 11 is 0. The van der Waals surface area contributed by atoms with Crippen molar-refractivity contribution >= 4 is 5.69 Å². The number of aryl methyl sites for hydroxylation is 1. The van der Waals surface area contributed by atoms with E-state index in [2.05, 4.69) is 0 Å². The Balaban J connectivity index is 3.28. The molecule has 0 atom stereocenters. The fourth-order valence-corrected chi connectivity index (χ4v) is 0.682. The number of halogens is 1. The summed E-state index contributed by atoms with van der Waals surface area (Å²) in [6.07, 6.45) is 0. The van der Waals surface area contributed by atoms with Gasteiger partial charge in [-0.15, -0.1) is 0 Å². The van der Waals surface area contributed by atoms with Crippen LogP contribution in [0.15, 0.2) is 12.1 Å². The van der Waals surface area contributed by atoms with Crippen molar-refractivity contribution in [3.8, 4) is 5.75 Å². The second kappa shape index (κ2) is 2.17. The van der Waals surface area contributed by atoms with Gasteiger partial charge in [0.1, 0.15) is 0 Å². The van der Waals surface area contributed by atoms with E-state index in [1.165, 1.54) is 6.07 Å². The molecule has 0 saturated heterocycles. The third-order valence-corrected chi connectivity index (χ3v) is 1.34. The summed E-state index contributed by atoms with van der Waals surface area (Å²) in [5.41, 5.74) is 6.37. The summed E-state index contributed by atoms with van der Waals surface area (Å²) in [4.78, 5) is 0. The van der Waals surface area contributed by atoms with E-state index in [0.717, 1.165) is 6.07 Å². The molecule has 10 heavy (non-hydrogen) atoms. The molecule has 0 aliphatic rings. The van der Waals surface area contributed by atoms with Gasteiger partial charge in [-0.1, -0.05) is 0 Å². The molecule has 0 aliphatic heterocycles. The number of hydrogen-bond acceptors (Lipinski definition) is 2. The van der Waals surface area contributed by atoms with Gasteiger partial charge in [0.25, 0.3) is 0 Å². The minimum atomic E-state index is -0.678. The van der Waals surface area contributed by atoms with Gasteiger partial charge in [-0.05, 0) is 18.6 Å². The molecule has 0 aromatic heterocycles. The highest BCUT2D eigenvalue weighted by atomic mass is 19.1. The fourth-order valence-electron chi connectivity index (χ4n) is 0.682. The molecule has 1 aromatic carbocycles. The number of benzene rings is 1. The Morgan fingerprint density at radius 1 is 1.50 bits per heavy atom. The van der Waals surface area contributed by atoms with Gasteiger partial charge < -0.3 is 10.8 Å². The molecular weight excluding hydrogens is 133 g/mol. The van der Waals surface area contributed by atoms with E-state index in [4.69, 9.17) is 10.8 Å². The van der Waals surface area contributed by atoms with E-state index in [-0.39, 0.29) is 5.75 Å². The Bertz CT molecular complexity index is 210. The normalized spacial score (nSPS) is 9.80. The topological polar surface area (TPSA) is 46.2 Å². The summed E-state index contributed by atoms with van der Waals surface area (Å²) < 4.78 is 12.4. The van der Waals surface area contributed by atoms with Gasteiger partial charge in [0.15, 0.2) is 11.6 Å². The van der Waals surface area contributed by atoms with E-state index in [1.54, 1.807) is 6.92 Å². The molecule has 0 aliphatic carbocycles. The van der Waals surface area contributed by atoms with E-state index >= 15 is 0 Å². The lowest BCUT2D eigenvalue weighted by atomic mass is 10.2. The number of nitrogens with two attached hydrogens (primary N) is 1. The largest absolute Gasteiger partial charge is 0.505 e. The Hall–Kier alpha value is -1.25. The molecule has 0 amide bonds. The zero-order valence-corrected chi connectivity index (χ0v) is 5.56. The molecule has 1 aromatic rings. The first kappa shape index (κ1) is 6.86. The first-order valence-electron chi connectivity index (χ1n) is 2.86. The predicted molar refractivity (Wildman–Crippen MR) is 37.2 cm³/mol. The molecule has 2 nitrogen and oxygen atoms in total. The zero-order valence-electron chi connectivity index (χ0n) is 5.56. The number of phenols is 1. The first-order chi connectivity index (χ1) is 4.61. The van der Waals surface area contributed by atoms with Crippen LogP contribution in [0.2, 0.25) is 0 Å². The Kier molecular flexibility index (Phi) is 1.49. The second-order valence-corrected chi connectivity index (χ2v) is 2.16. The summed E-state index contributed by atoms with van der Waals surface area (Å²) in [6, 6.07) is 2.40. The molecule has 0 heterocycles. The number of anilines is 1. The van der Waals surface area contributed by atoms with Gasteiger partial charge in [0, 0.05) is 11.8 Å².